The highest BCUT2D eigenvalue weighted by molar-refractivity contribution is 5.79. The minimum Gasteiger partial charge on any atom is -0.395 e. The molecule has 2 N–H and O–H groups in total. The summed E-state index contributed by atoms with van der Waals surface area (Å²) < 4.78 is 1.95. The van der Waals surface area contributed by atoms with E-state index in [1.54, 1.807) is 12.3 Å². The number of aryl methyl sites for hydroxylation is 2. The molecule has 6 heteroatoms. The lowest BCUT2D eigenvalue weighted by Crippen LogP contribution is -2.28. The number of aliphatic hydroxyl groups is 1. The summed E-state index contributed by atoms with van der Waals surface area (Å²) in [6.45, 7) is 3.70. The van der Waals surface area contributed by atoms with Crippen LogP contribution in [0.25, 0.3) is 10.9 Å². The number of hydrogen-bond donors (Lipinski definition) is 2. The topological polar surface area (TPSA) is 74.2 Å². The van der Waals surface area contributed by atoms with Crippen LogP contribution in [0.1, 0.15) is 17.1 Å². The zero-order valence-corrected chi connectivity index (χ0v) is 14.0. The van der Waals surface area contributed by atoms with Crippen LogP contribution in [-0.2, 0) is 20.1 Å². The highest BCUT2D eigenvalue weighted by Gasteiger charge is 2.11. The molecule has 0 atom stereocenters. The quantitative estimate of drug-likeness (QED) is 0.721. The fraction of sp³-hybridized carbons (Fsp3) is 0.333. The summed E-state index contributed by atoms with van der Waals surface area (Å²) in [5.41, 5.74) is 2.75. The largest absolute Gasteiger partial charge is 0.395 e. The summed E-state index contributed by atoms with van der Waals surface area (Å²) in [5, 5.41) is 10.0. The maximum Gasteiger partial charge on any atom is 0.189 e. The SMILES string of the molecule is Cc1ccc2[nH]c(CN(CCO)Cc3nccn3C)cc(=O)c2c1. The van der Waals surface area contributed by atoms with Crippen molar-refractivity contribution in [1.29, 1.82) is 0 Å². The number of fused-ring (bicyclic) bond motifs is 1. The molecule has 0 aliphatic heterocycles. The number of H-pyrrole nitrogens is 1. The van der Waals surface area contributed by atoms with Crippen LogP contribution in [0.3, 0.4) is 0 Å². The molecule has 24 heavy (non-hydrogen) atoms. The van der Waals surface area contributed by atoms with E-state index in [2.05, 4.69) is 14.9 Å². The van der Waals surface area contributed by atoms with Crippen LogP contribution in [-0.4, -0.2) is 37.7 Å². The summed E-state index contributed by atoms with van der Waals surface area (Å²) in [6.07, 6.45) is 3.65. The zero-order chi connectivity index (χ0) is 17.1. The molecule has 6 nitrogen and oxygen atoms in total. The highest BCUT2D eigenvalue weighted by Crippen LogP contribution is 2.12. The van der Waals surface area contributed by atoms with Gasteiger partial charge in [0, 0.05) is 55.2 Å². The van der Waals surface area contributed by atoms with Gasteiger partial charge in [-0.25, -0.2) is 4.98 Å². The molecule has 0 fully saturated rings. The minimum atomic E-state index is 0.0170. The van der Waals surface area contributed by atoms with Gasteiger partial charge in [0.05, 0.1) is 13.2 Å². The normalized spacial score (nSPS) is 11.5. The van der Waals surface area contributed by atoms with Crippen molar-refractivity contribution in [2.24, 2.45) is 7.05 Å². The van der Waals surface area contributed by atoms with E-state index in [9.17, 15) is 9.90 Å². The summed E-state index contributed by atoms with van der Waals surface area (Å²) in [4.78, 5) is 22.1. The van der Waals surface area contributed by atoms with Crippen molar-refractivity contribution in [3.05, 3.63) is 64.0 Å². The Morgan fingerprint density at radius 2 is 2.12 bits per heavy atom. The van der Waals surface area contributed by atoms with Crippen LogP contribution < -0.4 is 5.43 Å². The van der Waals surface area contributed by atoms with Gasteiger partial charge in [-0.3, -0.25) is 9.69 Å². The van der Waals surface area contributed by atoms with Gasteiger partial charge in [0.15, 0.2) is 5.43 Å². The number of aromatic nitrogens is 3. The molecule has 2 aromatic heterocycles. The van der Waals surface area contributed by atoms with Crippen molar-refractivity contribution < 1.29 is 5.11 Å². The van der Waals surface area contributed by atoms with Gasteiger partial charge in [0.25, 0.3) is 0 Å². The fourth-order valence-electron chi connectivity index (χ4n) is 2.85. The lowest BCUT2D eigenvalue weighted by atomic mass is 10.1. The molecule has 3 rings (SSSR count). The van der Waals surface area contributed by atoms with Crippen LogP contribution in [0.4, 0.5) is 0 Å². The molecule has 1 aromatic carbocycles. The van der Waals surface area contributed by atoms with Gasteiger partial charge in [-0.15, -0.1) is 0 Å². The Bertz CT molecular complexity index is 897. The van der Waals surface area contributed by atoms with Crippen molar-refractivity contribution in [3.63, 3.8) is 0 Å². The van der Waals surface area contributed by atoms with E-state index in [1.165, 1.54) is 0 Å². The van der Waals surface area contributed by atoms with Gasteiger partial charge in [0.2, 0.25) is 0 Å². The molecule has 0 saturated heterocycles. The summed E-state index contributed by atoms with van der Waals surface area (Å²) in [5.74, 6) is 0.919. The molecule has 0 spiro atoms. The number of benzene rings is 1. The molecule has 3 aromatic rings. The number of nitrogens with one attached hydrogen (secondary N) is 1. The van der Waals surface area contributed by atoms with Gasteiger partial charge in [-0.2, -0.15) is 0 Å². The Labute approximate surface area is 140 Å². The highest BCUT2D eigenvalue weighted by atomic mass is 16.3. The second kappa shape index (κ2) is 6.98. The number of rotatable bonds is 6. The third kappa shape index (κ3) is 3.55. The fourth-order valence-corrected chi connectivity index (χ4v) is 2.85. The van der Waals surface area contributed by atoms with Gasteiger partial charge in [-0.1, -0.05) is 11.6 Å². The Balaban J connectivity index is 1.87. The number of pyridine rings is 1. The van der Waals surface area contributed by atoms with Crippen molar-refractivity contribution >= 4 is 10.9 Å². The van der Waals surface area contributed by atoms with Crippen molar-refractivity contribution in [2.75, 3.05) is 13.2 Å². The summed E-state index contributed by atoms with van der Waals surface area (Å²) in [7, 11) is 1.94. The number of imidazole rings is 1. The maximum absolute atomic E-state index is 12.4. The Hall–Kier alpha value is -2.44. The Kier molecular flexibility index (Phi) is 4.78. The Morgan fingerprint density at radius 3 is 2.83 bits per heavy atom. The first-order chi connectivity index (χ1) is 11.6. The van der Waals surface area contributed by atoms with Crippen LogP contribution in [0.15, 0.2) is 41.5 Å². The lowest BCUT2D eigenvalue weighted by Gasteiger charge is -2.21. The first-order valence-electron chi connectivity index (χ1n) is 7.99. The molecule has 0 aliphatic rings. The molecule has 2 heterocycles. The zero-order valence-electron chi connectivity index (χ0n) is 14.0. The van der Waals surface area contributed by atoms with E-state index in [0.29, 0.717) is 25.0 Å². The van der Waals surface area contributed by atoms with Crippen LogP contribution in [0.2, 0.25) is 0 Å². The second-order valence-electron chi connectivity index (χ2n) is 6.10. The molecule has 0 saturated carbocycles. The summed E-state index contributed by atoms with van der Waals surface area (Å²) in [6, 6.07) is 7.47. The van der Waals surface area contributed by atoms with E-state index < -0.39 is 0 Å². The summed E-state index contributed by atoms with van der Waals surface area (Å²) >= 11 is 0. The van der Waals surface area contributed by atoms with E-state index >= 15 is 0 Å². The van der Waals surface area contributed by atoms with Gasteiger partial charge >= 0.3 is 0 Å². The van der Waals surface area contributed by atoms with Crippen molar-refractivity contribution in [1.82, 2.24) is 19.4 Å². The average Bonchev–Trinajstić information content (AvgIpc) is 2.93. The van der Waals surface area contributed by atoms with Crippen molar-refractivity contribution in [3.8, 4) is 0 Å². The van der Waals surface area contributed by atoms with Crippen LogP contribution in [0.5, 0.6) is 0 Å². The molecule has 0 aliphatic carbocycles. The third-order valence-electron chi connectivity index (χ3n) is 4.14. The predicted octanol–water partition coefficient (Wildman–Crippen LogP) is 1.56. The number of aromatic amines is 1. The van der Waals surface area contributed by atoms with Gasteiger partial charge in [-0.05, 0) is 19.1 Å². The van der Waals surface area contributed by atoms with E-state index in [-0.39, 0.29) is 12.0 Å². The minimum absolute atomic E-state index is 0.0170. The first kappa shape index (κ1) is 16.4. The molecular formula is C18H22N4O2. The third-order valence-corrected chi connectivity index (χ3v) is 4.14. The van der Waals surface area contributed by atoms with Crippen LogP contribution in [0, 0.1) is 6.92 Å². The smallest absolute Gasteiger partial charge is 0.189 e. The average molecular weight is 326 g/mol. The monoisotopic (exact) mass is 326 g/mol. The van der Waals surface area contributed by atoms with E-state index in [4.69, 9.17) is 0 Å². The van der Waals surface area contributed by atoms with Gasteiger partial charge in [0.1, 0.15) is 5.82 Å². The second-order valence-corrected chi connectivity index (χ2v) is 6.10. The number of nitrogens with zero attached hydrogens (tertiary/aromatic N) is 3. The predicted molar refractivity (Wildman–Crippen MR) is 93.7 cm³/mol. The first-order valence-corrected chi connectivity index (χ1v) is 7.99. The van der Waals surface area contributed by atoms with E-state index in [1.807, 2.05) is 42.9 Å². The molecular weight excluding hydrogens is 304 g/mol. The van der Waals surface area contributed by atoms with E-state index in [0.717, 1.165) is 22.6 Å². The number of hydrogen-bond acceptors (Lipinski definition) is 4. The molecule has 0 amide bonds. The Morgan fingerprint density at radius 1 is 1.29 bits per heavy atom. The molecule has 0 radical (unpaired) electrons. The van der Waals surface area contributed by atoms with Crippen molar-refractivity contribution in [2.45, 2.75) is 20.0 Å². The van der Waals surface area contributed by atoms with Crippen LogP contribution >= 0.6 is 0 Å². The maximum atomic E-state index is 12.4. The number of aliphatic hydroxyl groups excluding tert-OH is 1. The van der Waals surface area contributed by atoms with Gasteiger partial charge < -0.3 is 14.7 Å². The molecule has 0 bridgehead atoms. The molecule has 126 valence electrons. The molecule has 0 unspecified atom stereocenters. The standard InChI is InChI=1S/C18H22N4O2/c1-13-3-4-16-15(9-13)17(24)10-14(20-16)11-22(7-8-23)12-18-19-5-6-21(18)2/h3-6,9-10,23H,7-8,11-12H2,1-2H3,(H,20,24). The lowest BCUT2D eigenvalue weighted by molar-refractivity contribution is 0.179.